The highest BCUT2D eigenvalue weighted by molar-refractivity contribution is 7.90. The molecule has 1 fully saturated rings. The molecule has 3 aromatic carbocycles. The van der Waals surface area contributed by atoms with E-state index >= 15 is 0 Å². The van der Waals surface area contributed by atoms with E-state index in [0.29, 0.717) is 30.9 Å². The van der Waals surface area contributed by atoms with E-state index in [0.717, 1.165) is 47.7 Å². The van der Waals surface area contributed by atoms with Crippen LogP contribution in [0.15, 0.2) is 71.8 Å². The van der Waals surface area contributed by atoms with Gasteiger partial charge in [-0.3, -0.25) is 10.1 Å². The summed E-state index contributed by atoms with van der Waals surface area (Å²) in [6.07, 6.45) is 6.36. The lowest BCUT2D eigenvalue weighted by Gasteiger charge is -2.13. The van der Waals surface area contributed by atoms with E-state index in [-0.39, 0.29) is 22.1 Å². The molecular weight excluding hydrogens is 606 g/mol. The van der Waals surface area contributed by atoms with Crippen LogP contribution < -0.4 is 14.8 Å². The zero-order valence-electron chi connectivity index (χ0n) is 26.1. The highest BCUT2D eigenvalue weighted by Crippen LogP contribution is 2.30. The van der Waals surface area contributed by atoms with E-state index in [2.05, 4.69) is 21.9 Å². The Morgan fingerprint density at radius 3 is 2.54 bits per heavy atom. The maximum atomic E-state index is 13.2. The van der Waals surface area contributed by atoms with Crippen LogP contribution in [0.5, 0.6) is 5.75 Å². The molecule has 0 radical (unpaired) electrons. The van der Waals surface area contributed by atoms with Crippen LogP contribution in [-0.4, -0.2) is 51.9 Å². The SMILES string of the molecule is COCCC#Cc1ccccc1S(=O)(=O)NC(=O)c1ccc(Cc2cn(C)c3ccc(NC(=O)OC4CCCC4)cc23)c(OC)c1. The van der Waals surface area contributed by atoms with Crippen LogP contribution in [0.4, 0.5) is 10.5 Å². The molecule has 5 rings (SSSR count). The van der Waals surface area contributed by atoms with E-state index in [4.69, 9.17) is 14.2 Å². The highest BCUT2D eigenvalue weighted by Gasteiger charge is 2.23. The van der Waals surface area contributed by atoms with Crippen molar-refractivity contribution in [2.24, 2.45) is 7.05 Å². The van der Waals surface area contributed by atoms with Crippen molar-refractivity contribution in [3.05, 3.63) is 89.1 Å². The van der Waals surface area contributed by atoms with Crippen molar-refractivity contribution in [1.82, 2.24) is 9.29 Å². The van der Waals surface area contributed by atoms with Gasteiger partial charge in [-0.25, -0.2) is 17.9 Å². The second-order valence-corrected chi connectivity index (χ2v) is 12.8. The van der Waals surface area contributed by atoms with Crippen molar-refractivity contribution >= 4 is 38.6 Å². The quantitative estimate of drug-likeness (QED) is 0.166. The van der Waals surface area contributed by atoms with Gasteiger partial charge in [0.2, 0.25) is 0 Å². The van der Waals surface area contributed by atoms with Crippen LogP contribution in [0, 0.1) is 11.8 Å². The van der Waals surface area contributed by atoms with Gasteiger partial charge in [0.15, 0.2) is 0 Å². The minimum atomic E-state index is -4.22. The zero-order valence-corrected chi connectivity index (χ0v) is 26.9. The molecule has 1 heterocycles. The third-order valence-electron chi connectivity index (χ3n) is 7.88. The molecule has 11 heteroatoms. The molecule has 0 saturated heterocycles. The maximum absolute atomic E-state index is 13.2. The third kappa shape index (κ3) is 7.70. The van der Waals surface area contributed by atoms with E-state index in [1.54, 1.807) is 37.4 Å². The summed E-state index contributed by atoms with van der Waals surface area (Å²) in [6.45, 7) is 0.423. The van der Waals surface area contributed by atoms with E-state index in [9.17, 15) is 18.0 Å². The molecule has 0 aliphatic heterocycles. The van der Waals surface area contributed by atoms with Crippen LogP contribution in [0.2, 0.25) is 0 Å². The van der Waals surface area contributed by atoms with Crippen molar-refractivity contribution in [3.63, 3.8) is 0 Å². The first-order valence-electron chi connectivity index (χ1n) is 15.0. The Balaban J connectivity index is 1.33. The van der Waals surface area contributed by atoms with Gasteiger partial charge in [-0.15, -0.1) is 0 Å². The molecule has 1 aliphatic carbocycles. The largest absolute Gasteiger partial charge is 0.496 e. The Labute approximate surface area is 269 Å². The van der Waals surface area contributed by atoms with Gasteiger partial charge >= 0.3 is 6.09 Å². The fourth-order valence-electron chi connectivity index (χ4n) is 5.59. The highest BCUT2D eigenvalue weighted by atomic mass is 32.2. The second kappa shape index (κ2) is 14.5. The van der Waals surface area contributed by atoms with Gasteiger partial charge < -0.3 is 18.8 Å². The predicted molar refractivity (Wildman–Crippen MR) is 176 cm³/mol. The van der Waals surface area contributed by atoms with Gasteiger partial charge in [0.05, 0.1) is 13.7 Å². The smallest absolute Gasteiger partial charge is 0.411 e. The van der Waals surface area contributed by atoms with E-state index in [1.807, 2.05) is 36.0 Å². The summed E-state index contributed by atoms with van der Waals surface area (Å²) in [5.41, 5.74) is 3.79. The molecular formula is C35H37N3O7S. The van der Waals surface area contributed by atoms with Crippen molar-refractivity contribution in [1.29, 1.82) is 0 Å². The van der Waals surface area contributed by atoms with E-state index in [1.165, 1.54) is 19.2 Å². The van der Waals surface area contributed by atoms with Crippen LogP contribution in [0.25, 0.3) is 10.9 Å². The zero-order chi connectivity index (χ0) is 32.7. The first-order chi connectivity index (χ1) is 22.2. The molecule has 240 valence electrons. The van der Waals surface area contributed by atoms with Crippen LogP contribution in [-0.2, 0) is 33.0 Å². The minimum Gasteiger partial charge on any atom is -0.496 e. The minimum absolute atomic E-state index is 0.0324. The number of hydrogen-bond donors (Lipinski definition) is 2. The maximum Gasteiger partial charge on any atom is 0.411 e. The van der Waals surface area contributed by atoms with Crippen molar-refractivity contribution in [3.8, 4) is 17.6 Å². The predicted octanol–water partition coefficient (Wildman–Crippen LogP) is 5.78. The van der Waals surface area contributed by atoms with Crippen LogP contribution in [0.1, 0.15) is 59.2 Å². The number of carbonyl (C=O) groups excluding carboxylic acids is 2. The number of hydrogen-bond acceptors (Lipinski definition) is 7. The summed E-state index contributed by atoms with van der Waals surface area (Å²) in [5.74, 6) is 5.37. The molecule has 2 amide bonds. The molecule has 46 heavy (non-hydrogen) atoms. The van der Waals surface area contributed by atoms with Gasteiger partial charge in [0.25, 0.3) is 15.9 Å². The molecule has 0 atom stereocenters. The molecule has 0 unspecified atom stereocenters. The van der Waals surface area contributed by atoms with Crippen molar-refractivity contribution in [2.75, 3.05) is 26.1 Å². The van der Waals surface area contributed by atoms with Crippen LogP contribution in [0.3, 0.4) is 0 Å². The number of benzene rings is 3. The average molecular weight is 644 g/mol. The number of amides is 2. The number of methoxy groups -OCH3 is 2. The normalized spacial score (nSPS) is 13.2. The summed E-state index contributed by atoms with van der Waals surface area (Å²) in [6, 6.07) is 16.8. The Morgan fingerprint density at radius 1 is 1.00 bits per heavy atom. The number of fused-ring (bicyclic) bond motifs is 1. The monoisotopic (exact) mass is 643 g/mol. The number of aryl methyl sites for hydroxylation is 1. The van der Waals surface area contributed by atoms with Crippen molar-refractivity contribution < 1.29 is 32.2 Å². The first kappa shape index (κ1) is 32.6. The number of nitrogens with zero attached hydrogens (tertiary/aromatic N) is 1. The van der Waals surface area contributed by atoms with Crippen molar-refractivity contribution in [2.45, 2.75) is 49.5 Å². The summed E-state index contributed by atoms with van der Waals surface area (Å²) in [4.78, 5) is 25.5. The molecule has 1 aliphatic rings. The van der Waals surface area contributed by atoms with Gasteiger partial charge in [0, 0.05) is 60.9 Å². The summed E-state index contributed by atoms with van der Waals surface area (Å²) in [7, 11) is 0.789. The lowest BCUT2D eigenvalue weighted by molar-refractivity contribution is 0.0980. The topological polar surface area (TPSA) is 125 Å². The lowest BCUT2D eigenvalue weighted by Crippen LogP contribution is -2.31. The fourth-order valence-corrected chi connectivity index (χ4v) is 6.72. The number of aromatic nitrogens is 1. The fraction of sp³-hybridized carbons (Fsp3) is 0.314. The Kier molecular flexibility index (Phi) is 10.3. The molecule has 0 spiro atoms. The molecule has 1 saturated carbocycles. The molecule has 0 bridgehead atoms. The number of nitrogens with one attached hydrogen (secondary N) is 2. The standard InChI is InChI=1S/C35H37N3O7S/c1-38-23-27(30-22-28(17-18-31(30)38)36-35(40)45-29-12-5-6-13-29)20-25-15-16-26(21-32(25)44-3)34(39)37-46(41,42)33-14-7-4-10-24(33)11-8-9-19-43-2/h4,7,10,14-18,21-23,29H,5-6,9,12-13,19-20H2,1-3H3,(H,36,40)(H,37,39). The van der Waals surface area contributed by atoms with Gasteiger partial charge in [-0.2, -0.15) is 0 Å². The van der Waals surface area contributed by atoms with E-state index < -0.39 is 22.0 Å². The summed E-state index contributed by atoms with van der Waals surface area (Å²) >= 11 is 0. The molecule has 4 aromatic rings. The Morgan fingerprint density at radius 2 is 1.78 bits per heavy atom. The number of rotatable bonds is 10. The van der Waals surface area contributed by atoms with Gasteiger partial charge in [0.1, 0.15) is 16.7 Å². The Hall–Kier alpha value is -4.79. The number of anilines is 1. The third-order valence-corrected chi connectivity index (χ3v) is 9.27. The first-order valence-corrected chi connectivity index (χ1v) is 16.5. The van der Waals surface area contributed by atoms with Gasteiger partial charge in [-0.05, 0) is 79.3 Å². The molecule has 2 N–H and O–H groups in total. The Bertz CT molecular complexity index is 1920. The lowest BCUT2D eigenvalue weighted by atomic mass is 10.0. The summed E-state index contributed by atoms with van der Waals surface area (Å²) < 4.78 is 46.7. The summed E-state index contributed by atoms with van der Waals surface area (Å²) in [5, 5.41) is 3.80. The van der Waals surface area contributed by atoms with Gasteiger partial charge in [-0.1, -0.05) is 30.0 Å². The number of carbonyl (C=O) groups is 2. The average Bonchev–Trinajstić information content (AvgIpc) is 3.66. The van der Waals surface area contributed by atoms with Crippen LogP contribution >= 0.6 is 0 Å². The number of sulfonamides is 1. The molecule has 1 aromatic heterocycles. The second-order valence-electron chi connectivity index (χ2n) is 11.1. The number of ether oxygens (including phenoxy) is 3. The molecule has 10 nitrogen and oxygen atoms in total.